The van der Waals surface area contributed by atoms with Gasteiger partial charge in [0.25, 0.3) is 0 Å². The van der Waals surface area contributed by atoms with Gasteiger partial charge < -0.3 is 5.32 Å². The Balaban J connectivity index is 3.90. The fourth-order valence-corrected chi connectivity index (χ4v) is 0.531. The van der Waals surface area contributed by atoms with E-state index in [1.165, 1.54) is 13.8 Å². The summed E-state index contributed by atoms with van der Waals surface area (Å²) in [6.07, 6.45) is -4.35. The van der Waals surface area contributed by atoms with Crippen molar-refractivity contribution in [2.24, 2.45) is 0 Å². The number of alkyl halides is 4. The molecular weight excluding hydrogens is 239 g/mol. The maximum atomic E-state index is 11.6. The second-order valence-electron chi connectivity index (χ2n) is 2.77. The first-order valence-corrected chi connectivity index (χ1v) is 3.96. The quantitative estimate of drug-likeness (QED) is 0.742. The third kappa shape index (κ3) is 5.40. The van der Waals surface area contributed by atoms with Gasteiger partial charge in [0, 0.05) is 0 Å². The highest BCUT2D eigenvalue weighted by Crippen LogP contribution is 2.17. The van der Waals surface area contributed by atoms with Gasteiger partial charge in [-0.1, -0.05) is 15.9 Å². The molecule has 0 fully saturated rings. The summed E-state index contributed by atoms with van der Waals surface area (Å²) in [5, 5.41) is 1.75. The number of hydrogen-bond donors (Lipinski definition) is 1. The van der Waals surface area contributed by atoms with E-state index in [2.05, 4.69) is 15.9 Å². The second-order valence-corrected chi connectivity index (χ2v) is 4.75. The van der Waals surface area contributed by atoms with Crippen LogP contribution in [0.25, 0.3) is 0 Å². The van der Waals surface area contributed by atoms with Crippen LogP contribution in [0.5, 0.6) is 0 Å². The van der Waals surface area contributed by atoms with E-state index >= 15 is 0 Å². The second kappa shape index (κ2) is 3.64. The lowest BCUT2D eigenvalue weighted by Gasteiger charge is -2.16. The van der Waals surface area contributed by atoms with Gasteiger partial charge in [0.1, 0.15) is 6.54 Å². The zero-order valence-electron chi connectivity index (χ0n) is 6.63. The van der Waals surface area contributed by atoms with Gasteiger partial charge in [-0.2, -0.15) is 13.2 Å². The van der Waals surface area contributed by atoms with Crippen LogP contribution in [0.4, 0.5) is 13.2 Å². The highest BCUT2D eigenvalue weighted by atomic mass is 79.9. The van der Waals surface area contributed by atoms with E-state index in [4.69, 9.17) is 0 Å². The van der Waals surface area contributed by atoms with E-state index in [0.717, 1.165) is 0 Å². The van der Waals surface area contributed by atoms with E-state index in [0.29, 0.717) is 0 Å². The van der Waals surface area contributed by atoms with E-state index < -0.39 is 23.0 Å². The van der Waals surface area contributed by atoms with E-state index in [9.17, 15) is 18.0 Å². The maximum Gasteiger partial charge on any atom is 0.405 e. The van der Waals surface area contributed by atoms with Crippen molar-refractivity contribution in [1.29, 1.82) is 0 Å². The molecule has 1 N–H and O–H groups in total. The van der Waals surface area contributed by atoms with Gasteiger partial charge in [-0.3, -0.25) is 4.79 Å². The predicted octanol–water partition coefficient (Wildman–Crippen LogP) is 1.84. The average molecular weight is 248 g/mol. The van der Waals surface area contributed by atoms with E-state index in [1.54, 1.807) is 5.32 Å². The standard InChI is InChI=1S/C6H9BrF3NO/c1-5(2,7)4(12)11-3-6(8,9)10/h3H2,1-2H3,(H,11,12). The minimum absolute atomic E-state index is 0.681. The Hall–Kier alpha value is -0.260. The zero-order chi connectivity index (χ0) is 9.99. The summed E-state index contributed by atoms with van der Waals surface area (Å²) in [4.78, 5) is 10.9. The molecule has 0 heterocycles. The summed E-state index contributed by atoms with van der Waals surface area (Å²) < 4.78 is 33.8. The number of carbonyl (C=O) groups excluding carboxylic acids is 1. The molecule has 1 amide bonds. The number of rotatable bonds is 2. The topological polar surface area (TPSA) is 29.1 Å². The van der Waals surface area contributed by atoms with Crippen LogP contribution in [0, 0.1) is 0 Å². The number of amides is 1. The van der Waals surface area contributed by atoms with Crippen LogP contribution in [-0.2, 0) is 4.79 Å². The Morgan fingerprint density at radius 2 is 1.83 bits per heavy atom. The third-order valence-electron chi connectivity index (χ3n) is 0.989. The van der Waals surface area contributed by atoms with Crippen LogP contribution in [0.1, 0.15) is 13.8 Å². The van der Waals surface area contributed by atoms with Crippen LogP contribution in [0.3, 0.4) is 0 Å². The van der Waals surface area contributed by atoms with Crippen LogP contribution >= 0.6 is 15.9 Å². The minimum atomic E-state index is -4.35. The van der Waals surface area contributed by atoms with Crippen LogP contribution < -0.4 is 5.32 Å². The van der Waals surface area contributed by atoms with Crippen molar-refractivity contribution in [3.63, 3.8) is 0 Å². The number of nitrogens with one attached hydrogen (secondary N) is 1. The summed E-state index contributed by atoms with van der Waals surface area (Å²) in [6, 6.07) is 0. The average Bonchev–Trinajstić information content (AvgIpc) is 1.78. The van der Waals surface area contributed by atoms with Crippen molar-refractivity contribution in [2.75, 3.05) is 6.54 Å². The van der Waals surface area contributed by atoms with Gasteiger partial charge in [0.15, 0.2) is 0 Å². The minimum Gasteiger partial charge on any atom is -0.346 e. The Morgan fingerprint density at radius 3 is 2.08 bits per heavy atom. The van der Waals surface area contributed by atoms with Gasteiger partial charge in [-0.05, 0) is 13.8 Å². The molecule has 0 aromatic heterocycles. The van der Waals surface area contributed by atoms with Crippen molar-refractivity contribution in [2.45, 2.75) is 24.3 Å². The smallest absolute Gasteiger partial charge is 0.346 e. The number of halogens is 4. The Bertz CT molecular complexity index is 173. The molecule has 0 unspecified atom stereocenters. The van der Waals surface area contributed by atoms with Gasteiger partial charge in [-0.25, -0.2) is 0 Å². The first kappa shape index (κ1) is 11.7. The highest BCUT2D eigenvalue weighted by molar-refractivity contribution is 9.10. The molecule has 0 aliphatic rings. The molecule has 72 valence electrons. The molecule has 6 heteroatoms. The largest absolute Gasteiger partial charge is 0.405 e. The molecule has 0 bridgehead atoms. The zero-order valence-corrected chi connectivity index (χ0v) is 8.21. The summed E-state index contributed by atoms with van der Waals surface area (Å²) in [5.74, 6) is -0.681. The molecule has 0 aliphatic carbocycles. The first-order valence-electron chi connectivity index (χ1n) is 3.17. The molecule has 2 nitrogen and oxygen atoms in total. The lowest BCUT2D eigenvalue weighted by Crippen LogP contribution is -2.42. The van der Waals surface area contributed by atoms with Crippen LogP contribution in [0.15, 0.2) is 0 Å². The van der Waals surface area contributed by atoms with Gasteiger partial charge >= 0.3 is 6.18 Å². The van der Waals surface area contributed by atoms with Crippen molar-refractivity contribution in [1.82, 2.24) is 5.32 Å². The fraction of sp³-hybridized carbons (Fsp3) is 0.833. The number of hydrogen-bond acceptors (Lipinski definition) is 1. The van der Waals surface area contributed by atoms with Crippen LogP contribution in [-0.4, -0.2) is 23.0 Å². The molecule has 0 aromatic rings. The maximum absolute atomic E-state index is 11.6. The Morgan fingerprint density at radius 1 is 1.42 bits per heavy atom. The lowest BCUT2D eigenvalue weighted by atomic mass is 10.2. The van der Waals surface area contributed by atoms with Gasteiger partial charge in [0.2, 0.25) is 5.91 Å². The highest BCUT2D eigenvalue weighted by Gasteiger charge is 2.31. The predicted molar refractivity (Wildman–Crippen MR) is 42.1 cm³/mol. The molecule has 0 saturated carbocycles. The number of carbonyl (C=O) groups is 1. The van der Waals surface area contributed by atoms with Crippen molar-refractivity contribution < 1.29 is 18.0 Å². The Kier molecular flexibility index (Phi) is 3.56. The van der Waals surface area contributed by atoms with Crippen molar-refractivity contribution >= 4 is 21.8 Å². The SMILES string of the molecule is CC(C)(Br)C(=O)NCC(F)(F)F. The molecule has 0 aliphatic heterocycles. The summed E-state index contributed by atoms with van der Waals surface area (Å²) in [6.45, 7) is 1.65. The third-order valence-corrected chi connectivity index (χ3v) is 1.35. The molecule has 0 radical (unpaired) electrons. The molecule has 0 saturated heterocycles. The molecule has 0 aromatic carbocycles. The Labute approximate surface area is 76.6 Å². The monoisotopic (exact) mass is 247 g/mol. The summed E-state index contributed by atoms with van der Waals surface area (Å²) in [5.41, 5.74) is 0. The molecule has 0 atom stereocenters. The molecule has 12 heavy (non-hydrogen) atoms. The summed E-state index contributed by atoms with van der Waals surface area (Å²) in [7, 11) is 0. The van der Waals surface area contributed by atoms with Gasteiger partial charge in [0.05, 0.1) is 4.32 Å². The normalized spacial score (nSPS) is 12.8. The van der Waals surface area contributed by atoms with E-state index in [-0.39, 0.29) is 0 Å². The van der Waals surface area contributed by atoms with Gasteiger partial charge in [-0.15, -0.1) is 0 Å². The lowest BCUT2D eigenvalue weighted by molar-refractivity contribution is -0.139. The fourth-order valence-electron chi connectivity index (χ4n) is 0.391. The molecule has 0 rings (SSSR count). The molecule has 0 spiro atoms. The first-order chi connectivity index (χ1) is 5.13. The summed E-state index contributed by atoms with van der Waals surface area (Å²) >= 11 is 2.93. The molecular formula is C6H9BrF3NO. The van der Waals surface area contributed by atoms with Crippen molar-refractivity contribution in [3.05, 3.63) is 0 Å². The van der Waals surface area contributed by atoms with E-state index in [1.807, 2.05) is 0 Å². The van der Waals surface area contributed by atoms with Crippen molar-refractivity contribution in [3.8, 4) is 0 Å². The van der Waals surface area contributed by atoms with Crippen LogP contribution in [0.2, 0.25) is 0 Å².